The number of carboxylic acids is 3. The van der Waals surface area contributed by atoms with E-state index in [1.807, 2.05) is 0 Å². The summed E-state index contributed by atoms with van der Waals surface area (Å²) in [6.45, 7) is 9.45. The molecule has 7 rings (SSSR count). The highest BCUT2D eigenvalue weighted by Crippen LogP contribution is 2.39. The van der Waals surface area contributed by atoms with Gasteiger partial charge in [0, 0.05) is 78.8 Å². The van der Waals surface area contributed by atoms with E-state index in [1.165, 1.54) is 81.1 Å². The van der Waals surface area contributed by atoms with Crippen LogP contribution in [0.3, 0.4) is 0 Å². The molecule has 13 amide bonds. The zero-order valence-electron chi connectivity index (χ0n) is 69.9. The van der Waals surface area contributed by atoms with Crippen LogP contribution in [-0.2, 0) is 128 Å². The number of phenols is 2. The van der Waals surface area contributed by atoms with Crippen LogP contribution in [0.2, 0.25) is 0 Å². The van der Waals surface area contributed by atoms with Crippen molar-refractivity contribution in [3.8, 4) is 11.5 Å². The number of Topliss-reactive ketones (excluding diaryl/α,β-unsaturated/α-hetero) is 1. The molecule has 5 aromatic rings. The summed E-state index contributed by atoms with van der Waals surface area (Å²) < 4.78 is 18.8. The fraction of sp³-hybridized carbons (Fsp3) is 0.476. The predicted octanol–water partition coefficient (Wildman–Crippen LogP) is 0.0441. The molecule has 12 atom stereocenters. The van der Waals surface area contributed by atoms with E-state index < -0.39 is 256 Å². The van der Waals surface area contributed by atoms with Gasteiger partial charge >= 0.3 is 17.9 Å². The molecule has 0 bridgehead atoms. The summed E-state index contributed by atoms with van der Waals surface area (Å²) in [5, 5.41) is 91.1. The lowest BCUT2D eigenvalue weighted by molar-refractivity contribution is -0.146. The number of hydrogen-bond acceptors (Lipinski definition) is 25. The van der Waals surface area contributed by atoms with Gasteiger partial charge in [-0.1, -0.05) is 153 Å². The van der Waals surface area contributed by atoms with Crippen LogP contribution in [0.4, 0.5) is 0 Å². The molecule has 0 radical (unpaired) electrons. The number of aromatic hydroxyl groups is 2. The van der Waals surface area contributed by atoms with Crippen molar-refractivity contribution in [2.75, 3.05) is 48.1 Å². The van der Waals surface area contributed by atoms with E-state index in [2.05, 4.69) is 83.6 Å². The molecule has 2 aliphatic rings. The van der Waals surface area contributed by atoms with E-state index in [0.29, 0.717) is 28.1 Å². The van der Waals surface area contributed by atoms with Gasteiger partial charge in [0.1, 0.15) is 65.9 Å². The molecule has 3 heterocycles. The van der Waals surface area contributed by atoms with Gasteiger partial charge in [-0.05, 0) is 77.8 Å². The van der Waals surface area contributed by atoms with Gasteiger partial charge in [0.05, 0.1) is 59.0 Å². The lowest BCUT2D eigenvalue weighted by Gasteiger charge is -2.27. The number of aliphatic carboxylic acids is 3. The molecule has 43 heteroatoms. The van der Waals surface area contributed by atoms with Crippen molar-refractivity contribution >= 4 is 144 Å². The molecule has 18 N–H and O–H groups in total. The minimum Gasteiger partial charge on any atom is -0.508 e. The maximum absolute atomic E-state index is 15.3. The molecule has 1 aromatic heterocycles. The standard InChI is InChI=1S/C82H106N16O23S4/c1-44(2)52(80(119)120)35-62(101)54(36-67(106)107)90-74(113)53(29-30-122-8)89-78(117)58(34-49-21-25-51(100)26-22-49)92-79(118)61-41-124-123-40-60(94-77(116)55(31-46-15-11-9-12-16-46)86-63(102)27-28-64(103)97-125(121)42-81(4,5)69-70(96-98-95-69)82(6,7)43-125)73(112)84-39-66(105)88-59(37-68(108)109)72(111)83-38-65(104)87-56(32-47-17-13-10-14-18-47)76(115)91-57(33-48-19-23-50(99)24-20-48)75(114)85-45(3)71(110)93-61/h9-26,44-45,52-61,99-100H,27-43H2,1-8H3,(H,83,111)(H,84,112)(H,85,114)(H,86,102)(H,87,104)(H,88,105)(H,89,117)(H,90,113)(H,91,115)(H,92,118)(H,93,110)(H,94,116)(H,106,107)(H,108,109)(H,119,120)(H,95,96,98)/t45-,52-,53-,54-,55-,56-,57-,58-,59-,60+,61+/m0/s1. The molecule has 1 saturated heterocycles. The Hall–Kier alpha value is -12.0. The number of aromatic nitrogens is 3. The third kappa shape index (κ3) is 32.3. The van der Waals surface area contributed by atoms with Crippen molar-refractivity contribution in [3.63, 3.8) is 0 Å². The molecule has 1 fully saturated rings. The van der Waals surface area contributed by atoms with Crippen molar-refractivity contribution in [2.24, 2.45) is 16.2 Å². The van der Waals surface area contributed by atoms with Crippen LogP contribution in [0.15, 0.2) is 114 Å². The first-order chi connectivity index (χ1) is 59.0. The van der Waals surface area contributed by atoms with Crippen LogP contribution in [-0.4, -0.2) is 254 Å². The van der Waals surface area contributed by atoms with Crippen LogP contribution in [0.1, 0.15) is 121 Å². The average molecular weight is 1810 g/mol. The second kappa shape index (κ2) is 47.2. The number of ketones is 1. The van der Waals surface area contributed by atoms with E-state index in [1.54, 1.807) is 94.6 Å². The van der Waals surface area contributed by atoms with Gasteiger partial charge in [-0.15, -0.1) is 5.10 Å². The summed E-state index contributed by atoms with van der Waals surface area (Å²) >= 11 is 1.22. The molecular weight excluding hydrogens is 1710 g/mol. The van der Waals surface area contributed by atoms with Crippen LogP contribution >= 0.6 is 33.3 Å². The van der Waals surface area contributed by atoms with Crippen LogP contribution in [0.25, 0.3) is 0 Å². The molecule has 0 spiro atoms. The fourth-order valence-corrected chi connectivity index (χ4v) is 19.6. The van der Waals surface area contributed by atoms with Crippen LogP contribution in [0, 0.1) is 11.8 Å². The topological polar surface area (TPSA) is 607 Å². The molecule has 676 valence electrons. The summed E-state index contributed by atoms with van der Waals surface area (Å²) in [5.41, 5.74) is 1.05. The predicted molar refractivity (Wildman–Crippen MR) is 460 cm³/mol. The fourth-order valence-electron chi connectivity index (χ4n) is 13.5. The first-order valence-electron chi connectivity index (χ1n) is 39.8. The number of nitrogens with one attached hydrogen (secondary N) is 13. The summed E-state index contributed by atoms with van der Waals surface area (Å²) in [4.78, 5) is 238. The van der Waals surface area contributed by atoms with Gasteiger partial charge in [0.25, 0.3) is 5.91 Å². The van der Waals surface area contributed by atoms with E-state index in [9.17, 15) is 102 Å². The average Bonchev–Trinajstić information content (AvgIpc) is 1.60. The molecule has 0 saturated carbocycles. The number of fused-ring (bicyclic) bond motifs is 1. The summed E-state index contributed by atoms with van der Waals surface area (Å²) in [6.07, 6.45) is -3.75. The number of hydrogen-bond donors (Lipinski definition) is 18. The van der Waals surface area contributed by atoms with Crippen molar-refractivity contribution in [2.45, 2.75) is 184 Å². The summed E-state index contributed by atoms with van der Waals surface area (Å²) in [5.74, 6) is -22.7. The highest BCUT2D eigenvalue weighted by molar-refractivity contribution is 8.76. The Morgan fingerprint density at radius 3 is 1.67 bits per heavy atom. The number of amides is 13. The third-order valence-electron chi connectivity index (χ3n) is 20.1. The number of nitrogens with zero attached hydrogens (tertiary/aromatic N) is 3. The van der Waals surface area contributed by atoms with Crippen molar-refractivity contribution in [1.29, 1.82) is 0 Å². The normalized spacial score (nSPS) is 20.3. The van der Waals surface area contributed by atoms with Crippen LogP contribution in [0.5, 0.6) is 11.5 Å². The monoisotopic (exact) mass is 1810 g/mol. The zero-order valence-corrected chi connectivity index (χ0v) is 73.2. The summed E-state index contributed by atoms with van der Waals surface area (Å²) in [7, 11) is -1.82. The van der Waals surface area contributed by atoms with Crippen LogP contribution < -0.4 is 63.8 Å². The number of carboxylic acid groups (broad SMARTS) is 3. The second-order valence-corrected chi connectivity index (χ2v) is 37.6. The highest BCUT2D eigenvalue weighted by atomic mass is 33.1. The zero-order chi connectivity index (χ0) is 92.0. The molecular formula is C82H106N16O23S4. The molecule has 1 unspecified atom stereocenters. The Morgan fingerprint density at radius 2 is 1.09 bits per heavy atom. The molecule has 125 heavy (non-hydrogen) atoms. The lowest BCUT2D eigenvalue weighted by Crippen LogP contribution is -2.60. The van der Waals surface area contributed by atoms with E-state index >= 15 is 9.59 Å². The van der Waals surface area contributed by atoms with Gasteiger partial charge < -0.3 is 89.3 Å². The van der Waals surface area contributed by atoms with E-state index in [-0.39, 0.29) is 60.0 Å². The number of carbonyl (C=O) groups excluding carboxylic acids is 14. The summed E-state index contributed by atoms with van der Waals surface area (Å²) in [6, 6.07) is 9.95. The molecule has 39 nitrogen and oxygen atoms in total. The number of thioether (sulfide) groups is 1. The van der Waals surface area contributed by atoms with Gasteiger partial charge in [-0.25, -0.2) is 4.21 Å². The number of aromatic amines is 1. The number of rotatable bonds is 32. The van der Waals surface area contributed by atoms with Crippen molar-refractivity contribution in [3.05, 3.63) is 143 Å². The molecule has 0 aliphatic carbocycles. The van der Waals surface area contributed by atoms with Gasteiger partial charge in [0.2, 0.25) is 70.9 Å². The minimum absolute atomic E-state index is 0.0700. The van der Waals surface area contributed by atoms with E-state index in [4.69, 9.17) is 0 Å². The lowest BCUT2D eigenvalue weighted by atomic mass is 9.82. The number of phenolic OH excluding ortho intramolecular Hbond substituents is 2. The first kappa shape index (κ1) is 100. The number of benzene rings is 4. The Balaban J connectivity index is 1.26. The van der Waals surface area contributed by atoms with Gasteiger partial charge in [0.15, 0.2) is 5.78 Å². The largest absolute Gasteiger partial charge is 0.508 e. The third-order valence-corrected chi connectivity index (χ3v) is 26.0. The van der Waals surface area contributed by atoms with E-state index in [0.717, 1.165) is 21.6 Å². The Morgan fingerprint density at radius 1 is 0.568 bits per heavy atom. The molecule has 4 aromatic carbocycles. The van der Waals surface area contributed by atoms with Crippen molar-refractivity contribution in [1.82, 2.24) is 79.2 Å². The first-order valence-corrected chi connectivity index (χ1v) is 45.5. The van der Waals surface area contributed by atoms with Crippen molar-refractivity contribution < 1.29 is 111 Å². The SMILES string of the molecule is CSCC[C@H](NC(=O)[C@H](Cc1ccc(O)cc1)NC(=O)[C@H]1CSSC[C@@H](NC(=O)[C@H](Cc2ccccc2)NC(=O)CCC(=O)N=S2(=O)CC(C)(C)c3nn[nH]c3C(C)(C)C2)C(=O)NCC(=O)N[C@@H](CC(=O)O)C(=O)NCC(=O)N[C@@H](Cc2ccccc2)C(=O)N[C@@H](Cc2ccc(O)cc2)C(=O)N[C@@H](C)C(=O)N1)C(=O)N[C@@H](CC(=O)O)C(=O)C[C@H](C(=O)O)C(C)C. The Labute approximate surface area is 732 Å². The Bertz CT molecular complexity index is 4820. The number of carbonyl (C=O) groups is 17. The maximum Gasteiger partial charge on any atom is 0.307 e. The Kier molecular flexibility index (Phi) is 37.8. The smallest absolute Gasteiger partial charge is 0.307 e. The second-order valence-electron chi connectivity index (χ2n) is 31.8. The molecule has 2 aliphatic heterocycles. The number of H-pyrrole nitrogens is 1. The minimum atomic E-state index is -3.31. The quantitative estimate of drug-likeness (QED) is 0.0253. The van der Waals surface area contributed by atoms with Gasteiger partial charge in [-0.3, -0.25) is 86.6 Å². The van der Waals surface area contributed by atoms with Gasteiger partial charge in [-0.2, -0.15) is 16.1 Å². The maximum atomic E-state index is 15.3. The highest BCUT2D eigenvalue weighted by Gasteiger charge is 2.45.